The van der Waals surface area contributed by atoms with E-state index in [9.17, 15) is 24.5 Å². The highest BCUT2D eigenvalue weighted by Gasteiger charge is 2.49. The molecule has 2 aromatic carbocycles. The van der Waals surface area contributed by atoms with E-state index >= 15 is 4.39 Å². The number of carbonyl (C=O) groups is 2. The minimum atomic E-state index is -0.963. The molecular weight excluding hydrogens is 779 g/mol. The number of nitriles is 2. The minimum Gasteiger partial charge on any atom is -0.461 e. The zero-order valence-corrected chi connectivity index (χ0v) is 35.6. The minimum absolute atomic E-state index is 0.0131. The molecular formula is C43H50F2N8O5S. The van der Waals surface area contributed by atoms with E-state index in [1.54, 1.807) is 37.8 Å². The Morgan fingerprint density at radius 1 is 1.03 bits per heavy atom. The van der Waals surface area contributed by atoms with E-state index in [0.29, 0.717) is 54.8 Å². The number of anilines is 2. The number of likely N-dealkylation sites (N-methyl/N-ethyl adjacent to an activating group) is 1. The van der Waals surface area contributed by atoms with Gasteiger partial charge < -0.3 is 24.0 Å². The largest absolute Gasteiger partial charge is 0.461 e. The van der Waals surface area contributed by atoms with Gasteiger partial charge in [0.1, 0.15) is 52.8 Å². The van der Waals surface area contributed by atoms with E-state index in [0.717, 1.165) is 30.7 Å². The second-order valence-corrected chi connectivity index (χ2v) is 18.6. The first-order valence-corrected chi connectivity index (χ1v) is 20.9. The van der Waals surface area contributed by atoms with Gasteiger partial charge in [-0.05, 0) is 98.9 Å². The van der Waals surface area contributed by atoms with Crippen LogP contribution in [0.25, 0.3) is 32.1 Å². The van der Waals surface area contributed by atoms with Crippen molar-refractivity contribution in [2.24, 2.45) is 0 Å². The van der Waals surface area contributed by atoms with E-state index in [2.05, 4.69) is 27.3 Å². The predicted octanol–water partition coefficient (Wildman–Crippen LogP) is 8.92. The van der Waals surface area contributed by atoms with Crippen LogP contribution in [-0.2, 0) is 9.47 Å². The Morgan fingerprint density at radius 3 is 2.42 bits per heavy atom. The summed E-state index contributed by atoms with van der Waals surface area (Å²) < 4.78 is 48.0. The van der Waals surface area contributed by atoms with Crippen LogP contribution >= 0.6 is 11.3 Å². The number of fused-ring (bicyclic) bond motifs is 3. The highest BCUT2D eigenvalue weighted by molar-refractivity contribution is 7.23. The van der Waals surface area contributed by atoms with E-state index in [4.69, 9.17) is 24.2 Å². The number of aromatic nitrogens is 2. The van der Waals surface area contributed by atoms with Crippen molar-refractivity contribution in [3.8, 4) is 29.3 Å². The van der Waals surface area contributed by atoms with Crippen LogP contribution in [0.4, 0.5) is 29.2 Å². The van der Waals surface area contributed by atoms with Crippen molar-refractivity contribution in [1.29, 1.82) is 10.5 Å². The highest BCUT2D eigenvalue weighted by Crippen LogP contribution is 2.45. The summed E-state index contributed by atoms with van der Waals surface area (Å²) in [4.78, 5) is 41.9. The Hall–Kier alpha value is -5.32. The summed E-state index contributed by atoms with van der Waals surface area (Å²) in [5.74, 6) is -0.107. The summed E-state index contributed by atoms with van der Waals surface area (Å²) >= 11 is 0.900. The van der Waals surface area contributed by atoms with Gasteiger partial charge in [-0.1, -0.05) is 12.1 Å². The lowest BCUT2D eigenvalue weighted by atomic mass is 9.93. The van der Waals surface area contributed by atoms with Gasteiger partial charge in [-0.3, -0.25) is 10.2 Å². The van der Waals surface area contributed by atoms with E-state index in [1.165, 1.54) is 12.1 Å². The number of amides is 2. The average Bonchev–Trinajstić information content (AvgIpc) is 3.90. The van der Waals surface area contributed by atoms with Gasteiger partial charge in [0.05, 0.1) is 39.0 Å². The molecule has 4 atom stereocenters. The standard InChI is InChI=1S/C43H50F2N8O5S/c1-9-52(32-15-18-53(24(32)2)40(55)58-42(6,7)8)36-28-12-11-26(27-13-14-31(45)35-33(27)30(21-47)37(59-35)50-39(54)57-41(3,4)5)29(20-46)34(28)48-38(49-36)56-23-43-16-10-17-51(43)22-25(44)19-43/h11-14,24-25,32H,9-10,15-19,22-23H2,1-8H3,(H,50,54)/t24?,25-,32?,43+/m1/s1. The number of hydrogen-bond donors (Lipinski definition) is 1. The lowest BCUT2D eigenvalue weighted by Gasteiger charge is -2.35. The number of nitrogens with one attached hydrogen (secondary N) is 1. The van der Waals surface area contributed by atoms with Crippen molar-refractivity contribution in [3.63, 3.8) is 0 Å². The van der Waals surface area contributed by atoms with Crippen LogP contribution in [0, 0.1) is 28.5 Å². The Balaban J connectivity index is 1.36. The summed E-state index contributed by atoms with van der Waals surface area (Å²) in [5, 5.41) is 24.9. The fraction of sp³-hybridized carbons (Fsp3) is 0.535. The van der Waals surface area contributed by atoms with Crippen LogP contribution in [0.3, 0.4) is 0 Å². The average molecular weight is 829 g/mol. The number of ether oxygens (including phenoxy) is 3. The molecule has 0 radical (unpaired) electrons. The zero-order valence-electron chi connectivity index (χ0n) is 34.7. The first kappa shape index (κ1) is 41.8. The Kier molecular flexibility index (Phi) is 11.1. The third-order valence-corrected chi connectivity index (χ3v) is 12.4. The number of alkyl halides is 1. The molecule has 3 fully saturated rings. The summed E-state index contributed by atoms with van der Waals surface area (Å²) in [5.41, 5.74) is -0.784. The van der Waals surface area contributed by atoms with Crippen LogP contribution in [-0.4, -0.2) is 99.7 Å². The first-order valence-electron chi connectivity index (χ1n) is 20.1. The molecule has 0 aliphatic carbocycles. The molecule has 3 aliphatic rings. The molecule has 3 aliphatic heterocycles. The van der Waals surface area contributed by atoms with E-state index < -0.39 is 40.9 Å². The third kappa shape index (κ3) is 8.05. The van der Waals surface area contributed by atoms with Crippen LogP contribution < -0.4 is 15.0 Å². The lowest BCUT2D eigenvalue weighted by Crippen LogP contribution is -2.47. The second-order valence-electron chi connectivity index (χ2n) is 17.6. The van der Waals surface area contributed by atoms with Crippen molar-refractivity contribution in [2.75, 3.05) is 43.0 Å². The lowest BCUT2D eigenvalue weighted by molar-refractivity contribution is 0.0232. The molecule has 0 saturated carbocycles. The fourth-order valence-corrected chi connectivity index (χ4v) is 9.94. The van der Waals surface area contributed by atoms with Crippen molar-refractivity contribution >= 4 is 55.3 Å². The molecule has 2 aromatic heterocycles. The number of benzene rings is 2. The van der Waals surface area contributed by atoms with Gasteiger partial charge in [0, 0.05) is 42.4 Å². The maximum atomic E-state index is 15.5. The maximum Gasteiger partial charge on any atom is 0.412 e. The van der Waals surface area contributed by atoms with Gasteiger partial charge in [0.15, 0.2) is 0 Å². The molecule has 7 rings (SSSR count). The molecule has 16 heteroatoms. The van der Waals surface area contributed by atoms with Crippen LogP contribution in [0.5, 0.6) is 6.01 Å². The van der Waals surface area contributed by atoms with Gasteiger partial charge in [-0.15, -0.1) is 11.3 Å². The number of nitrogens with zero attached hydrogens (tertiary/aromatic N) is 7. The highest BCUT2D eigenvalue weighted by atomic mass is 32.1. The van der Waals surface area contributed by atoms with Gasteiger partial charge in [-0.2, -0.15) is 20.5 Å². The molecule has 59 heavy (non-hydrogen) atoms. The molecule has 3 saturated heterocycles. The monoisotopic (exact) mass is 828 g/mol. The number of carbonyl (C=O) groups excluding carboxylic acids is 2. The quantitative estimate of drug-likeness (QED) is 0.181. The number of halogens is 2. The van der Waals surface area contributed by atoms with Gasteiger partial charge in [0.2, 0.25) is 0 Å². The number of likely N-dealkylation sites (tertiary alicyclic amines) is 1. The fourth-order valence-electron chi connectivity index (χ4n) is 8.87. The van der Waals surface area contributed by atoms with Crippen molar-refractivity contribution in [3.05, 3.63) is 41.2 Å². The molecule has 312 valence electrons. The van der Waals surface area contributed by atoms with Crippen LogP contribution in [0.1, 0.15) is 92.2 Å². The maximum absolute atomic E-state index is 15.5. The molecule has 2 unspecified atom stereocenters. The molecule has 0 bridgehead atoms. The van der Waals surface area contributed by atoms with Gasteiger partial charge >= 0.3 is 18.2 Å². The third-order valence-electron chi connectivity index (χ3n) is 11.3. The topological polar surface area (TPSA) is 157 Å². The number of rotatable bonds is 8. The second kappa shape index (κ2) is 15.7. The Morgan fingerprint density at radius 2 is 1.75 bits per heavy atom. The van der Waals surface area contributed by atoms with Crippen LogP contribution in [0.15, 0.2) is 24.3 Å². The molecule has 13 nitrogen and oxygen atoms in total. The van der Waals surface area contributed by atoms with Crippen LogP contribution in [0.2, 0.25) is 0 Å². The molecule has 4 aromatic rings. The summed E-state index contributed by atoms with van der Waals surface area (Å²) in [6, 6.07) is 10.3. The van der Waals surface area contributed by atoms with E-state index in [-0.39, 0.29) is 56.4 Å². The SMILES string of the molecule is CCN(c1nc(OC[C@@]23CCCN2C[C@H](F)C3)nc2c(C#N)c(-c3ccc(F)c4sc(NC(=O)OC(C)(C)C)c(C#N)c34)ccc12)C1CCN(C(=O)OC(C)(C)C)C1C. The van der Waals surface area contributed by atoms with Crippen molar-refractivity contribution in [2.45, 2.75) is 116 Å². The summed E-state index contributed by atoms with van der Waals surface area (Å²) in [6.07, 6.45) is 0.500. The van der Waals surface area contributed by atoms with Crippen molar-refractivity contribution in [1.82, 2.24) is 19.8 Å². The molecule has 1 N–H and O–H groups in total. The zero-order chi connectivity index (χ0) is 42.6. The summed E-state index contributed by atoms with van der Waals surface area (Å²) in [6.45, 7) is 16.8. The smallest absolute Gasteiger partial charge is 0.412 e. The first-order chi connectivity index (χ1) is 27.9. The molecule has 0 spiro atoms. The Labute approximate surface area is 346 Å². The molecule has 2 amide bonds. The number of hydrogen-bond acceptors (Lipinski definition) is 12. The Bertz CT molecular complexity index is 2400. The summed E-state index contributed by atoms with van der Waals surface area (Å²) in [7, 11) is 0. The van der Waals surface area contributed by atoms with Crippen molar-refractivity contribution < 1.29 is 32.6 Å². The van der Waals surface area contributed by atoms with Gasteiger partial charge in [0.25, 0.3) is 0 Å². The van der Waals surface area contributed by atoms with E-state index in [1.807, 2.05) is 34.6 Å². The number of thiophene rings is 1. The normalized spacial score (nSPS) is 22.0. The predicted molar refractivity (Wildman–Crippen MR) is 222 cm³/mol. The van der Waals surface area contributed by atoms with Gasteiger partial charge in [-0.25, -0.2) is 18.4 Å². The molecule has 5 heterocycles.